The molecule has 1 rings (SSSR count). The average Bonchev–Trinajstić information content (AvgIpc) is 2.41. The summed E-state index contributed by atoms with van der Waals surface area (Å²) in [4.78, 5) is 24.6. The Morgan fingerprint density at radius 1 is 1.40 bits per heavy atom. The van der Waals surface area contributed by atoms with Crippen LogP contribution in [0.25, 0.3) is 0 Å². The summed E-state index contributed by atoms with van der Waals surface area (Å²) >= 11 is 0. The van der Waals surface area contributed by atoms with Gasteiger partial charge in [-0.2, -0.15) is 0 Å². The minimum absolute atomic E-state index is 0.174. The lowest BCUT2D eigenvalue weighted by Crippen LogP contribution is -2.39. The SMILES string of the molecule is C=CCN(CC(=O)OCC)C(=O)Nc1ccc(F)cc1. The van der Waals surface area contributed by atoms with Crippen LogP contribution in [0.2, 0.25) is 0 Å². The molecule has 108 valence electrons. The number of amides is 2. The van der Waals surface area contributed by atoms with E-state index in [0.717, 1.165) is 0 Å². The summed E-state index contributed by atoms with van der Waals surface area (Å²) in [6, 6.07) is 4.86. The zero-order chi connectivity index (χ0) is 15.0. The molecule has 0 radical (unpaired) electrons. The number of esters is 1. The van der Waals surface area contributed by atoms with E-state index in [2.05, 4.69) is 11.9 Å². The molecule has 0 heterocycles. The maximum absolute atomic E-state index is 12.8. The zero-order valence-corrected chi connectivity index (χ0v) is 11.3. The second-order valence-electron chi connectivity index (χ2n) is 3.91. The van der Waals surface area contributed by atoms with E-state index >= 15 is 0 Å². The number of urea groups is 1. The summed E-state index contributed by atoms with van der Waals surface area (Å²) in [5.74, 6) is -0.888. The molecule has 0 aliphatic heterocycles. The fraction of sp³-hybridized carbons (Fsp3) is 0.286. The largest absolute Gasteiger partial charge is 0.465 e. The van der Waals surface area contributed by atoms with Crippen LogP contribution in [0.3, 0.4) is 0 Å². The molecule has 1 aromatic carbocycles. The molecule has 2 amide bonds. The summed E-state index contributed by atoms with van der Waals surface area (Å²) in [5, 5.41) is 2.57. The van der Waals surface area contributed by atoms with Gasteiger partial charge in [-0.05, 0) is 31.2 Å². The van der Waals surface area contributed by atoms with Crippen LogP contribution in [0, 0.1) is 5.82 Å². The normalized spacial score (nSPS) is 9.70. The van der Waals surface area contributed by atoms with Gasteiger partial charge in [0.2, 0.25) is 0 Å². The zero-order valence-electron chi connectivity index (χ0n) is 11.3. The molecular formula is C14H17FN2O3. The van der Waals surface area contributed by atoms with E-state index in [1.54, 1.807) is 6.92 Å². The van der Waals surface area contributed by atoms with Crippen molar-refractivity contribution in [3.63, 3.8) is 0 Å². The molecule has 0 fully saturated rings. The molecule has 0 saturated carbocycles. The van der Waals surface area contributed by atoms with Crippen molar-refractivity contribution in [2.45, 2.75) is 6.92 Å². The van der Waals surface area contributed by atoms with Crippen LogP contribution in [-0.4, -0.2) is 36.6 Å². The van der Waals surface area contributed by atoms with Gasteiger partial charge in [0.05, 0.1) is 6.61 Å². The minimum atomic E-state index is -0.497. The molecule has 1 aromatic rings. The number of benzene rings is 1. The molecule has 0 unspecified atom stereocenters. The smallest absolute Gasteiger partial charge is 0.325 e. The molecule has 0 bridgehead atoms. The maximum atomic E-state index is 12.8. The Hall–Kier alpha value is -2.37. The Balaban J connectivity index is 2.65. The van der Waals surface area contributed by atoms with E-state index in [0.29, 0.717) is 5.69 Å². The highest BCUT2D eigenvalue weighted by molar-refractivity contribution is 5.91. The Morgan fingerprint density at radius 3 is 2.60 bits per heavy atom. The van der Waals surface area contributed by atoms with Crippen molar-refractivity contribution >= 4 is 17.7 Å². The lowest BCUT2D eigenvalue weighted by Gasteiger charge is -2.20. The van der Waals surface area contributed by atoms with Gasteiger partial charge < -0.3 is 15.0 Å². The lowest BCUT2D eigenvalue weighted by molar-refractivity contribution is -0.143. The monoisotopic (exact) mass is 280 g/mol. The molecule has 1 N–H and O–H groups in total. The fourth-order valence-electron chi connectivity index (χ4n) is 1.47. The van der Waals surface area contributed by atoms with Crippen molar-refractivity contribution in [2.75, 3.05) is 25.0 Å². The van der Waals surface area contributed by atoms with Crippen molar-refractivity contribution < 1.29 is 18.7 Å². The van der Waals surface area contributed by atoms with Crippen LogP contribution in [0.5, 0.6) is 0 Å². The first-order chi connectivity index (χ1) is 9.56. The topological polar surface area (TPSA) is 58.6 Å². The average molecular weight is 280 g/mol. The molecule has 0 aliphatic rings. The Morgan fingerprint density at radius 2 is 2.05 bits per heavy atom. The second kappa shape index (κ2) is 7.93. The van der Waals surface area contributed by atoms with Crippen LogP contribution < -0.4 is 5.32 Å². The van der Waals surface area contributed by atoms with E-state index in [-0.39, 0.29) is 19.7 Å². The standard InChI is InChI=1S/C14H17FN2O3/c1-3-9-17(10-13(18)20-4-2)14(19)16-12-7-5-11(15)6-8-12/h3,5-8H,1,4,9-10H2,2H3,(H,16,19). The van der Waals surface area contributed by atoms with E-state index in [4.69, 9.17) is 4.74 Å². The molecule has 5 nitrogen and oxygen atoms in total. The number of carbonyl (C=O) groups excluding carboxylic acids is 2. The quantitative estimate of drug-likeness (QED) is 0.643. The third-order valence-electron chi connectivity index (χ3n) is 2.36. The molecule has 0 atom stereocenters. The first-order valence-electron chi connectivity index (χ1n) is 6.14. The lowest BCUT2D eigenvalue weighted by atomic mass is 10.3. The molecule has 0 aromatic heterocycles. The van der Waals surface area contributed by atoms with Gasteiger partial charge in [-0.3, -0.25) is 4.79 Å². The predicted molar refractivity (Wildman–Crippen MR) is 73.8 cm³/mol. The molecule has 0 saturated heterocycles. The van der Waals surface area contributed by atoms with Crippen molar-refractivity contribution in [3.05, 3.63) is 42.7 Å². The van der Waals surface area contributed by atoms with Crippen LogP contribution in [0.4, 0.5) is 14.9 Å². The first kappa shape index (κ1) is 15.7. The number of hydrogen-bond donors (Lipinski definition) is 1. The number of ether oxygens (including phenoxy) is 1. The molecule has 6 heteroatoms. The number of nitrogens with one attached hydrogen (secondary N) is 1. The van der Waals surface area contributed by atoms with Gasteiger partial charge in [0.25, 0.3) is 0 Å². The van der Waals surface area contributed by atoms with Gasteiger partial charge in [-0.1, -0.05) is 6.08 Å². The van der Waals surface area contributed by atoms with Crippen LogP contribution in [0.15, 0.2) is 36.9 Å². The van der Waals surface area contributed by atoms with Gasteiger partial charge in [-0.15, -0.1) is 6.58 Å². The number of anilines is 1. The Labute approximate surface area is 117 Å². The van der Waals surface area contributed by atoms with Gasteiger partial charge >= 0.3 is 12.0 Å². The summed E-state index contributed by atoms with van der Waals surface area (Å²) in [6.07, 6.45) is 1.50. The Bertz CT molecular complexity index is 474. The van der Waals surface area contributed by atoms with Gasteiger partial charge in [0.15, 0.2) is 0 Å². The highest BCUT2D eigenvalue weighted by atomic mass is 19.1. The minimum Gasteiger partial charge on any atom is -0.465 e. The third kappa shape index (κ3) is 5.09. The van der Waals surface area contributed by atoms with Gasteiger partial charge in [-0.25, -0.2) is 9.18 Å². The van der Waals surface area contributed by atoms with Crippen molar-refractivity contribution in [2.24, 2.45) is 0 Å². The summed E-state index contributed by atoms with van der Waals surface area (Å²) in [5.41, 5.74) is 0.439. The predicted octanol–water partition coefficient (Wildman–Crippen LogP) is 2.41. The summed E-state index contributed by atoms with van der Waals surface area (Å²) in [7, 11) is 0. The van der Waals surface area contributed by atoms with Crippen molar-refractivity contribution in [1.29, 1.82) is 0 Å². The van der Waals surface area contributed by atoms with E-state index < -0.39 is 17.8 Å². The molecule has 0 spiro atoms. The van der Waals surface area contributed by atoms with E-state index in [1.807, 2.05) is 0 Å². The number of hydrogen-bond acceptors (Lipinski definition) is 3. The highest BCUT2D eigenvalue weighted by Crippen LogP contribution is 2.09. The molecule has 20 heavy (non-hydrogen) atoms. The Kier molecular flexibility index (Phi) is 6.22. The number of carbonyl (C=O) groups is 2. The number of halogens is 1. The number of rotatable bonds is 6. The van der Waals surface area contributed by atoms with Crippen molar-refractivity contribution in [3.8, 4) is 0 Å². The van der Waals surface area contributed by atoms with Crippen LogP contribution in [0.1, 0.15) is 6.92 Å². The molecule has 0 aliphatic carbocycles. The van der Waals surface area contributed by atoms with Crippen LogP contribution >= 0.6 is 0 Å². The first-order valence-corrected chi connectivity index (χ1v) is 6.14. The highest BCUT2D eigenvalue weighted by Gasteiger charge is 2.16. The van der Waals surface area contributed by atoms with Crippen LogP contribution in [-0.2, 0) is 9.53 Å². The summed E-state index contributed by atoms with van der Waals surface area (Å²) < 4.78 is 17.6. The summed E-state index contributed by atoms with van der Waals surface area (Å²) in [6.45, 7) is 5.50. The maximum Gasteiger partial charge on any atom is 0.325 e. The molecular weight excluding hydrogens is 263 g/mol. The second-order valence-corrected chi connectivity index (χ2v) is 3.91. The van der Waals surface area contributed by atoms with E-state index in [9.17, 15) is 14.0 Å². The van der Waals surface area contributed by atoms with Crippen molar-refractivity contribution in [1.82, 2.24) is 4.90 Å². The van der Waals surface area contributed by atoms with E-state index in [1.165, 1.54) is 35.2 Å². The van der Waals surface area contributed by atoms with Gasteiger partial charge in [0.1, 0.15) is 12.4 Å². The fourth-order valence-corrected chi connectivity index (χ4v) is 1.47. The number of nitrogens with zero attached hydrogens (tertiary/aromatic N) is 1. The third-order valence-corrected chi connectivity index (χ3v) is 2.36. The van der Waals surface area contributed by atoms with Gasteiger partial charge in [0, 0.05) is 12.2 Å².